The summed E-state index contributed by atoms with van der Waals surface area (Å²) in [6.07, 6.45) is 4.25. The Balaban J connectivity index is 1.59. The van der Waals surface area contributed by atoms with Crippen LogP contribution in [0.5, 0.6) is 5.75 Å². The first-order valence-electron chi connectivity index (χ1n) is 8.79. The van der Waals surface area contributed by atoms with E-state index in [2.05, 4.69) is 27.0 Å². The Morgan fingerprint density at radius 1 is 1.21 bits per heavy atom. The van der Waals surface area contributed by atoms with Crippen LogP contribution in [0.4, 0.5) is 0 Å². The van der Waals surface area contributed by atoms with Gasteiger partial charge in [-0.1, -0.05) is 0 Å². The monoisotopic (exact) mass is 329 g/mol. The average Bonchev–Trinajstić information content (AvgIpc) is 3.11. The highest BCUT2D eigenvalue weighted by Gasteiger charge is 2.22. The van der Waals surface area contributed by atoms with Crippen LogP contribution in [0.15, 0.2) is 30.5 Å². The number of nitrogens with zero attached hydrogens (tertiary/aromatic N) is 2. The molecular weight excluding hydrogens is 302 g/mol. The van der Waals surface area contributed by atoms with Crippen LogP contribution in [0, 0.1) is 0 Å². The summed E-state index contributed by atoms with van der Waals surface area (Å²) in [5.74, 6) is 2.55. The molecule has 2 aromatic rings. The van der Waals surface area contributed by atoms with E-state index in [0.29, 0.717) is 12.5 Å². The van der Waals surface area contributed by atoms with Crippen molar-refractivity contribution < 1.29 is 9.47 Å². The molecule has 2 heterocycles. The summed E-state index contributed by atoms with van der Waals surface area (Å²) in [6.45, 7) is 6.76. The predicted molar refractivity (Wildman–Crippen MR) is 95.5 cm³/mol. The molecule has 1 saturated heterocycles. The maximum atomic E-state index is 5.50. The Kier molecular flexibility index (Phi) is 5.88. The van der Waals surface area contributed by atoms with E-state index in [1.54, 1.807) is 7.11 Å². The zero-order chi connectivity index (χ0) is 16.8. The number of piperidine rings is 1. The molecule has 24 heavy (non-hydrogen) atoms. The standard InChI is InChI=1S/C19H27N3O2/c1-3-24-17-6-4-15(5-7-17)18-14-20-19(21-18)16-8-10-22(11-9-16)12-13-23-2/h4-7,14,16H,3,8-13H2,1-2H3,(H,20,21). The molecule has 1 N–H and O–H groups in total. The molecule has 1 aliphatic rings. The van der Waals surface area contributed by atoms with E-state index in [-0.39, 0.29) is 0 Å². The van der Waals surface area contributed by atoms with Crippen molar-refractivity contribution in [1.29, 1.82) is 0 Å². The minimum atomic E-state index is 0.528. The summed E-state index contributed by atoms with van der Waals surface area (Å²) < 4.78 is 10.7. The van der Waals surface area contributed by atoms with Gasteiger partial charge in [-0.3, -0.25) is 0 Å². The topological polar surface area (TPSA) is 50.4 Å². The van der Waals surface area contributed by atoms with E-state index >= 15 is 0 Å². The third-order valence-electron chi connectivity index (χ3n) is 4.66. The molecule has 5 nitrogen and oxygen atoms in total. The number of rotatable bonds is 7. The minimum Gasteiger partial charge on any atom is -0.494 e. The number of hydrogen-bond acceptors (Lipinski definition) is 4. The number of nitrogens with one attached hydrogen (secondary N) is 1. The number of imidazole rings is 1. The molecule has 1 fully saturated rings. The first kappa shape index (κ1) is 17.0. The van der Waals surface area contributed by atoms with Crippen LogP contribution in [0.25, 0.3) is 11.3 Å². The fourth-order valence-corrected chi connectivity index (χ4v) is 3.24. The second-order valence-corrected chi connectivity index (χ2v) is 6.25. The lowest BCUT2D eigenvalue weighted by Gasteiger charge is -2.30. The first-order valence-corrected chi connectivity index (χ1v) is 8.79. The second kappa shape index (κ2) is 8.31. The van der Waals surface area contributed by atoms with Gasteiger partial charge in [-0.05, 0) is 62.7 Å². The molecule has 0 radical (unpaired) electrons. The molecule has 0 saturated carbocycles. The minimum absolute atomic E-state index is 0.528. The lowest BCUT2D eigenvalue weighted by Crippen LogP contribution is -2.35. The number of benzene rings is 1. The first-order chi connectivity index (χ1) is 11.8. The van der Waals surface area contributed by atoms with Crippen LogP contribution in [-0.2, 0) is 4.74 Å². The number of ether oxygens (including phenoxy) is 2. The largest absolute Gasteiger partial charge is 0.494 e. The summed E-state index contributed by atoms with van der Waals surface area (Å²) in [5, 5.41) is 0. The van der Waals surface area contributed by atoms with Crippen molar-refractivity contribution in [3.8, 4) is 17.0 Å². The van der Waals surface area contributed by atoms with Gasteiger partial charge in [0.2, 0.25) is 0 Å². The number of likely N-dealkylation sites (tertiary alicyclic amines) is 1. The van der Waals surface area contributed by atoms with E-state index in [9.17, 15) is 0 Å². The average molecular weight is 329 g/mol. The number of hydrogen-bond donors (Lipinski definition) is 1. The Labute approximate surface area is 144 Å². The van der Waals surface area contributed by atoms with Crippen LogP contribution in [0.2, 0.25) is 0 Å². The molecule has 1 aromatic heterocycles. The summed E-state index contributed by atoms with van der Waals surface area (Å²) in [5.41, 5.74) is 2.23. The van der Waals surface area contributed by atoms with Gasteiger partial charge in [0.05, 0.1) is 25.1 Å². The van der Waals surface area contributed by atoms with Gasteiger partial charge < -0.3 is 19.4 Å². The summed E-state index contributed by atoms with van der Waals surface area (Å²) in [7, 11) is 1.76. The molecule has 3 rings (SSSR count). The van der Waals surface area contributed by atoms with E-state index in [0.717, 1.165) is 61.9 Å². The van der Waals surface area contributed by atoms with Gasteiger partial charge in [0.15, 0.2) is 0 Å². The molecule has 130 valence electrons. The Morgan fingerprint density at radius 3 is 2.62 bits per heavy atom. The highest BCUT2D eigenvalue weighted by Crippen LogP contribution is 2.28. The number of H-pyrrole nitrogens is 1. The molecule has 5 heteroatoms. The molecule has 0 spiro atoms. The second-order valence-electron chi connectivity index (χ2n) is 6.25. The molecule has 0 aliphatic carbocycles. The van der Waals surface area contributed by atoms with E-state index in [1.807, 2.05) is 25.3 Å². The van der Waals surface area contributed by atoms with Crippen molar-refractivity contribution in [2.45, 2.75) is 25.7 Å². The SMILES string of the molecule is CCOc1ccc(-c2cnc(C3CCN(CCOC)CC3)[nH]2)cc1. The van der Waals surface area contributed by atoms with E-state index in [1.165, 1.54) is 0 Å². The van der Waals surface area contributed by atoms with Crippen molar-refractivity contribution in [1.82, 2.24) is 14.9 Å². The van der Waals surface area contributed by atoms with Crippen molar-refractivity contribution in [2.24, 2.45) is 0 Å². The molecule has 0 amide bonds. The highest BCUT2D eigenvalue weighted by molar-refractivity contribution is 5.59. The smallest absolute Gasteiger partial charge is 0.119 e. The van der Waals surface area contributed by atoms with Crippen molar-refractivity contribution in [3.63, 3.8) is 0 Å². The van der Waals surface area contributed by atoms with Gasteiger partial charge in [0.1, 0.15) is 11.6 Å². The van der Waals surface area contributed by atoms with Crippen LogP contribution >= 0.6 is 0 Å². The Morgan fingerprint density at radius 2 is 1.96 bits per heavy atom. The van der Waals surface area contributed by atoms with Gasteiger partial charge >= 0.3 is 0 Å². The van der Waals surface area contributed by atoms with E-state index < -0.39 is 0 Å². The lowest BCUT2D eigenvalue weighted by molar-refractivity contribution is 0.129. The molecule has 0 atom stereocenters. The number of methoxy groups -OCH3 is 1. The quantitative estimate of drug-likeness (QED) is 0.847. The summed E-state index contributed by atoms with van der Waals surface area (Å²) in [4.78, 5) is 10.6. The molecule has 0 bridgehead atoms. The van der Waals surface area contributed by atoms with Gasteiger partial charge in [0.25, 0.3) is 0 Å². The Hall–Kier alpha value is -1.85. The third kappa shape index (κ3) is 4.16. The van der Waals surface area contributed by atoms with Crippen LogP contribution in [0.1, 0.15) is 31.5 Å². The van der Waals surface area contributed by atoms with Crippen LogP contribution in [0.3, 0.4) is 0 Å². The van der Waals surface area contributed by atoms with E-state index in [4.69, 9.17) is 9.47 Å². The number of aromatic nitrogens is 2. The lowest BCUT2D eigenvalue weighted by atomic mass is 9.96. The zero-order valence-electron chi connectivity index (χ0n) is 14.6. The molecular formula is C19H27N3O2. The fraction of sp³-hybridized carbons (Fsp3) is 0.526. The maximum Gasteiger partial charge on any atom is 0.119 e. The zero-order valence-corrected chi connectivity index (χ0v) is 14.6. The van der Waals surface area contributed by atoms with Gasteiger partial charge in [-0.2, -0.15) is 0 Å². The number of aromatic amines is 1. The summed E-state index contributed by atoms with van der Waals surface area (Å²) in [6, 6.07) is 8.17. The highest BCUT2D eigenvalue weighted by atomic mass is 16.5. The fourth-order valence-electron chi connectivity index (χ4n) is 3.24. The van der Waals surface area contributed by atoms with Crippen molar-refractivity contribution in [2.75, 3.05) is 40.0 Å². The van der Waals surface area contributed by atoms with Crippen LogP contribution in [-0.4, -0.2) is 54.8 Å². The third-order valence-corrected chi connectivity index (χ3v) is 4.66. The summed E-state index contributed by atoms with van der Waals surface area (Å²) >= 11 is 0. The molecule has 1 aliphatic heterocycles. The van der Waals surface area contributed by atoms with Crippen molar-refractivity contribution in [3.05, 3.63) is 36.3 Å². The van der Waals surface area contributed by atoms with Gasteiger partial charge in [-0.25, -0.2) is 4.98 Å². The molecule has 0 unspecified atom stereocenters. The predicted octanol–water partition coefficient (Wildman–Crippen LogP) is 3.30. The van der Waals surface area contributed by atoms with Crippen molar-refractivity contribution >= 4 is 0 Å². The Bertz CT molecular complexity index is 616. The normalized spacial score (nSPS) is 16.4. The molecule has 1 aromatic carbocycles. The maximum absolute atomic E-state index is 5.50. The van der Waals surface area contributed by atoms with Crippen LogP contribution < -0.4 is 4.74 Å². The van der Waals surface area contributed by atoms with Gasteiger partial charge in [-0.15, -0.1) is 0 Å². The van der Waals surface area contributed by atoms with Gasteiger partial charge in [0, 0.05) is 19.6 Å².